The van der Waals surface area contributed by atoms with E-state index >= 15 is 0 Å². The Morgan fingerprint density at radius 1 is 1.42 bits per heavy atom. The van der Waals surface area contributed by atoms with E-state index in [0.717, 1.165) is 0 Å². The van der Waals surface area contributed by atoms with Crippen LogP contribution in [0.15, 0.2) is 0 Å². The number of carbonyl (C=O) groups excluding carboxylic acids is 1. The average Bonchev–Trinajstić information content (AvgIpc) is 2.65. The Bertz CT molecular complexity index is 406. The highest BCUT2D eigenvalue weighted by atomic mass is 35.5. The first-order valence-electron chi connectivity index (χ1n) is 5.62. The number of carbonyl (C=O) groups is 1. The molecule has 0 saturated carbocycles. The van der Waals surface area contributed by atoms with Crippen LogP contribution in [-0.4, -0.2) is 51.7 Å². The summed E-state index contributed by atoms with van der Waals surface area (Å²) in [5.74, 6) is -3.44. The van der Waals surface area contributed by atoms with Gasteiger partial charge < -0.3 is 5.32 Å². The molecule has 0 aromatic carbocycles. The van der Waals surface area contributed by atoms with Gasteiger partial charge in [0.05, 0.1) is 18.3 Å². The van der Waals surface area contributed by atoms with E-state index in [4.69, 9.17) is 0 Å². The summed E-state index contributed by atoms with van der Waals surface area (Å²) < 4.78 is 50.0. The molecule has 6 nitrogen and oxygen atoms in total. The van der Waals surface area contributed by atoms with Crippen molar-refractivity contribution in [3.05, 3.63) is 0 Å². The van der Waals surface area contributed by atoms with Gasteiger partial charge >= 0.3 is 0 Å². The molecule has 1 atom stereocenters. The number of sulfonamides is 1. The molecule has 0 aromatic rings. The van der Waals surface area contributed by atoms with E-state index in [2.05, 4.69) is 15.4 Å². The maximum Gasteiger partial charge on any atom is 0.262 e. The zero-order valence-corrected chi connectivity index (χ0v) is 12.0. The van der Waals surface area contributed by atoms with Crippen molar-refractivity contribution in [3.63, 3.8) is 0 Å². The highest BCUT2D eigenvalue weighted by Gasteiger charge is 2.42. The Balaban J connectivity index is 0.00000324. The van der Waals surface area contributed by atoms with E-state index in [1.807, 2.05) is 0 Å². The first-order valence-corrected chi connectivity index (χ1v) is 7.27. The van der Waals surface area contributed by atoms with Crippen molar-refractivity contribution in [1.29, 1.82) is 0 Å². The SMILES string of the molecule is CCS(=O)(=O)NCCNC(=O)C1CC(F)(F)CN1.Cl. The number of rotatable bonds is 6. The first-order chi connectivity index (χ1) is 8.26. The van der Waals surface area contributed by atoms with Crippen LogP contribution < -0.4 is 15.4 Å². The van der Waals surface area contributed by atoms with Crippen molar-refractivity contribution in [2.45, 2.75) is 25.3 Å². The van der Waals surface area contributed by atoms with Gasteiger partial charge in [0.2, 0.25) is 15.9 Å². The summed E-state index contributed by atoms with van der Waals surface area (Å²) in [5.41, 5.74) is 0. The number of nitrogens with one attached hydrogen (secondary N) is 3. The molecule has 0 aliphatic carbocycles. The second kappa shape index (κ2) is 7.32. The van der Waals surface area contributed by atoms with Crippen LogP contribution in [0.25, 0.3) is 0 Å². The number of hydrogen-bond donors (Lipinski definition) is 3. The minimum absolute atomic E-state index is 0. The first kappa shape index (κ1) is 18.5. The fourth-order valence-corrected chi connectivity index (χ4v) is 2.14. The van der Waals surface area contributed by atoms with Crippen LogP contribution in [0.4, 0.5) is 8.78 Å². The molecule has 1 fully saturated rings. The molecule has 1 saturated heterocycles. The van der Waals surface area contributed by atoms with E-state index in [9.17, 15) is 22.0 Å². The molecule has 1 rings (SSSR count). The summed E-state index contributed by atoms with van der Waals surface area (Å²) in [6.45, 7) is 1.10. The lowest BCUT2D eigenvalue weighted by Crippen LogP contribution is -2.43. The predicted molar refractivity (Wildman–Crippen MR) is 69.1 cm³/mol. The average molecular weight is 322 g/mol. The Morgan fingerprint density at radius 3 is 2.53 bits per heavy atom. The second-order valence-electron chi connectivity index (χ2n) is 4.08. The minimum Gasteiger partial charge on any atom is -0.353 e. The van der Waals surface area contributed by atoms with Crippen molar-refractivity contribution in [2.24, 2.45) is 0 Å². The zero-order chi connectivity index (χ0) is 13.8. The molecule has 1 aliphatic rings. The zero-order valence-electron chi connectivity index (χ0n) is 10.4. The van der Waals surface area contributed by atoms with Crippen LogP contribution in [0, 0.1) is 0 Å². The fraction of sp³-hybridized carbons (Fsp3) is 0.889. The molecule has 1 unspecified atom stereocenters. The summed E-state index contributed by atoms with van der Waals surface area (Å²) in [5, 5.41) is 4.81. The topological polar surface area (TPSA) is 87.3 Å². The highest BCUT2D eigenvalue weighted by Crippen LogP contribution is 2.24. The Kier molecular flexibility index (Phi) is 7.12. The molecule has 19 heavy (non-hydrogen) atoms. The summed E-state index contributed by atoms with van der Waals surface area (Å²) >= 11 is 0. The van der Waals surface area contributed by atoms with Crippen molar-refractivity contribution >= 4 is 28.3 Å². The molecule has 1 aliphatic heterocycles. The van der Waals surface area contributed by atoms with Crippen LogP contribution in [0.1, 0.15) is 13.3 Å². The molecule has 0 aromatic heterocycles. The van der Waals surface area contributed by atoms with Gasteiger partial charge in [-0.15, -0.1) is 12.4 Å². The minimum atomic E-state index is -3.29. The van der Waals surface area contributed by atoms with Crippen LogP contribution in [0.2, 0.25) is 0 Å². The Hall–Kier alpha value is -0.510. The van der Waals surface area contributed by atoms with Crippen LogP contribution in [0.5, 0.6) is 0 Å². The van der Waals surface area contributed by atoms with E-state index < -0.39 is 40.9 Å². The van der Waals surface area contributed by atoms with Gasteiger partial charge in [0.25, 0.3) is 5.92 Å². The van der Waals surface area contributed by atoms with E-state index in [-0.39, 0.29) is 31.2 Å². The van der Waals surface area contributed by atoms with Gasteiger partial charge in [-0.3, -0.25) is 10.1 Å². The number of hydrogen-bond acceptors (Lipinski definition) is 4. The van der Waals surface area contributed by atoms with Crippen LogP contribution >= 0.6 is 12.4 Å². The lowest BCUT2D eigenvalue weighted by atomic mass is 10.2. The second-order valence-corrected chi connectivity index (χ2v) is 6.18. The van der Waals surface area contributed by atoms with Crippen molar-refractivity contribution in [2.75, 3.05) is 25.4 Å². The number of halogens is 3. The molecule has 3 N–H and O–H groups in total. The van der Waals surface area contributed by atoms with Crippen LogP contribution in [-0.2, 0) is 14.8 Å². The molecule has 114 valence electrons. The van der Waals surface area contributed by atoms with Gasteiger partial charge in [-0.2, -0.15) is 0 Å². The normalized spacial score (nSPS) is 21.7. The fourth-order valence-electron chi connectivity index (χ4n) is 1.52. The molecule has 0 radical (unpaired) electrons. The predicted octanol–water partition coefficient (Wildman–Crippen LogP) is -0.539. The van der Waals surface area contributed by atoms with Gasteiger partial charge in [0.1, 0.15) is 0 Å². The van der Waals surface area contributed by atoms with Gasteiger partial charge in [0, 0.05) is 19.5 Å². The van der Waals surface area contributed by atoms with Crippen molar-refractivity contribution < 1.29 is 22.0 Å². The lowest BCUT2D eigenvalue weighted by molar-refractivity contribution is -0.123. The molecule has 1 amide bonds. The monoisotopic (exact) mass is 321 g/mol. The molecule has 10 heteroatoms. The van der Waals surface area contributed by atoms with Gasteiger partial charge in [-0.1, -0.05) is 0 Å². The molecular weight excluding hydrogens is 304 g/mol. The smallest absolute Gasteiger partial charge is 0.262 e. The molecular formula is C9H18ClF2N3O3S. The standard InChI is InChI=1S/C9H17F2N3O3S.ClH/c1-2-18(16,17)14-4-3-12-8(15)7-5-9(10,11)6-13-7;/h7,13-14H,2-6H2,1H3,(H,12,15);1H. The van der Waals surface area contributed by atoms with Gasteiger partial charge in [-0.25, -0.2) is 21.9 Å². The Morgan fingerprint density at radius 2 is 2.05 bits per heavy atom. The maximum atomic E-state index is 12.8. The molecule has 1 heterocycles. The van der Waals surface area contributed by atoms with Gasteiger partial charge in [-0.05, 0) is 6.92 Å². The summed E-state index contributed by atoms with van der Waals surface area (Å²) in [6, 6.07) is -0.914. The maximum absolute atomic E-state index is 12.8. The largest absolute Gasteiger partial charge is 0.353 e. The third-order valence-corrected chi connectivity index (χ3v) is 3.96. The summed E-state index contributed by atoms with van der Waals surface area (Å²) in [7, 11) is -3.29. The Labute approximate surface area is 117 Å². The number of amides is 1. The molecule has 0 spiro atoms. The van der Waals surface area contributed by atoms with Crippen molar-refractivity contribution in [1.82, 2.24) is 15.4 Å². The van der Waals surface area contributed by atoms with Crippen molar-refractivity contribution in [3.8, 4) is 0 Å². The third kappa shape index (κ3) is 6.46. The number of alkyl halides is 2. The molecule has 0 bridgehead atoms. The quantitative estimate of drug-likeness (QED) is 0.574. The third-order valence-electron chi connectivity index (χ3n) is 2.55. The highest BCUT2D eigenvalue weighted by molar-refractivity contribution is 7.89. The summed E-state index contributed by atoms with van der Waals surface area (Å²) in [6.07, 6.45) is -0.528. The van der Waals surface area contributed by atoms with Gasteiger partial charge in [0.15, 0.2) is 0 Å². The van der Waals surface area contributed by atoms with E-state index in [1.165, 1.54) is 6.92 Å². The summed E-state index contributed by atoms with van der Waals surface area (Å²) in [4.78, 5) is 11.4. The van der Waals surface area contributed by atoms with E-state index in [1.54, 1.807) is 0 Å². The lowest BCUT2D eigenvalue weighted by Gasteiger charge is -2.11. The van der Waals surface area contributed by atoms with Crippen LogP contribution in [0.3, 0.4) is 0 Å². The van der Waals surface area contributed by atoms with E-state index in [0.29, 0.717) is 0 Å².